The molecular formula is C18H13N3O2S3. The van der Waals surface area contributed by atoms with Crippen LogP contribution in [-0.4, -0.2) is 21.2 Å². The van der Waals surface area contributed by atoms with Crippen molar-refractivity contribution in [2.45, 2.75) is 5.16 Å². The fourth-order valence-electron chi connectivity index (χ4n) is 2.62. The molecular weight excluding hydrogens is 386 g/mol. The first-order valence-corrected chi connectivity index (χ1v) is 10.4. The quantitative estimate of drug-likeness (QED) is 0.409. The number of fused-ring (bicyclic) bond motifs is 1. The Balaban J connectivity index is 1.99. The van der Waals surface area contributed by atoms with E-state index < -0.39 is 5.91 Å². The van der Waals surface area contributed by atoms with Gasteiger partial charge in [-0.15, -0.1) is 22.7 Å². The van der Waals surface area contributed by atoms with Crippen molar-refractivity contribution in [2.24, 2.45) is 5.73 Å². The first kappa shape index (κ1) is 17.0. The van der Waals surface area contributed by atoms with Gasteiger partial charge in [0.05, 0.1) is 16.8 Å². The Kier molecular flexibility index (Phi) is 4.62. The number of hydrogen-bond acceptors (Lipinski definition) is 6. The fraction of sp³-hybridized carbons (Fsp3) is 0.0556. The van der Waals surface area contributed by atoms with E-state index in [-0.39, 0.29) is 11.3 Å². The van der Waals surface area contributed by atoms with Gasteiger partial charge in [-0.1, -0.05) is 36.0 Å². The minimum absolute atomic E-state index is 0.0634. The van der Waals surface area contributed by atoms with Gasteiger partial charge < -0.3 is 5.73 Å². The van der Waals surface area contributed by atoms with Crippen molar-refractivity contribution >= 4 is 50.6 Å². The fourth-order valence-corrected chi connectivity index (χ4v) is 5.18. The lowest BCUT2D eigenvalue weighted by Gasteiger charge is -2.11. The summed E-state index contributed by atoms with van der Waals surface area (Å²) < 4.78 is 1.56. The van der Waals surface area contributed by atoms with E-state index in [0.29, 0.717) is 21.1 Å². The highest BCUT2D eigenvalue weighted by Gasteiger charge is 2.19. The monoisotopic (exact) mass is 399 g/mol. The van der Waals surface area contributed by atoms with Crippen LogP contribution in [0.3, 0.4) is 0 Å². The minimum atomic E-state index is -0.450. The lowest BCUT2D eigenvalue weighted by Crippen LogP contribution is -2.22. The molecule has 0 spiro atoms. The number of benzene rings is 1. The molecule has 0 saturated carbocycles. The van der Waals surface area contributed by atoms with Crippen LogP contribution < -0.4 is 11.3 Å². The van der Waals surface area contributed by atoms with Crippen LogP contribution in [0.2, 0.25) is 0 Å². The first-order valence-electron chi connectivity index (χ1n) is 7.70. The smallest absolute Gasteiger partial charge is 0.268 e. The SMILES string of the molecule is NC(=O)CSc1nc2scc(-c3cccs3)c2c(=O)n1-c1ccccc1. The van der Waals surface area contributed by atoms with E-state index in [1.165, 1.54) is 23.1 Å². The van der Waals surface area contributed by atoms with E-state index in [9.17, 15) is 9.59 Å². The van der Waals surface area contributed by atoms with Crippen LogP contribution in [0.15, 0.2) is 63.2 Å². The second-order valence-electron chi connectivity index (χ2n) is 5.43. The highest BCUT2D eigenvalue weighted by molar-refractivity contribution is 7.99. The van der Waals surface area contributed by atoms with Crippen LogP contribution in [0.4, 0.5) is 0 Å². The third-order valence-electron chi connectivity index (χ3n) is 3.72. The predicted octanol–water partition coefficient (Wildman–Crippen LogP) is 3.75. The van der Waals surface area contributed by atoms with E-state index in [0.717, 1.165) is 10.4 Å². The standard InChI is InChI=1S/C18H13N3O2S3/c19-14(22)10-26-18-20-16-15(12(9-25-16)13-7-4-8-24-13)17(23)21(18)11-5-2-1-3-6-11/h1-9H,10H2,(H2,19,22). The highest BCUT2D eigenvalue weighted by Crippen LogP contribution is 2.35. The van der Waals surface area contributed by atoms with E-state index in [1.807, 2.05) is 53.2 Å². The molecule has 0 aliphatic rings. The number of primary amides is 1. The Labute approximate surface area is 161 Å². The van der Waals surface area contributed by atoms with Gasteiger partial charge in [-0.2, -0.15) is 0 Å². The Morgan fingerprint density at radius 2 is 1.96 bits per heavy atom. The molecule has 1 aromatic carbocycles. The third-order valence-corrected chi connectivity index (χ3v) is 6.46. The predicted molar refractivity (Wildman–Crippen MR) is 108 cm³/mol. The summed E-state index contributed by atoms with van der Waals surface area (Å²) in [4.78, 5) is 31.0. The number of amides is 1. The number of para-hydroxylation sites is 1. The molecule has 8 heteroatoms. The van der Waals surface area contributed by atoms with E-state index in [2.05, 4.69) is 4.98 Å². The van der Waals surface area contributed by atoms with E-state index in [4.69, 9.17) is 5.73 Å². The van der Waals surface area contributed by atoms with Gasteiger partial charge in [-0.05, 0) is 23.6 Å². The average molecular weight is 400 g/mol. The molecule has 1 amide bonds. The topological polar surface area (TPSA) is 78.0 Å². The average Bonchev–Trinajstić information content (AvgIpc) is 3.30. The lowest BCUT2D eigenvalue weighted by atomic mass is 10.2. The molecule has 0 fully saturated rings. The number of carbonyl (C=O) groups excluding carboxylic acids is 1. The summed E-state index contributed by atoms with van der Waals surface area (Å²) in [5.74, 6) is -0.386. The van der Waals surface area contributed by atoms with Gasteiger partial charge in [-0.3, -0.25) is 14.2 Å². The molecule has 3 aromatic heterocycles. The summed E-state index contributed by atoms with van der Waals surface area (Å²) in [6.07, 6.45) is 0. The Morgan fingerprint density at radius 3 is 2.65 bits per heavy atom. The number of rotatable bonds is 5. The van der Waals surface area contributed by atoms with Gasteiger partial charge in [0, 0.05) is 15.8 Å². The van der Waals surface area contributed by atoms with Gasteiger partial charge in [0.15, 0.2) is 5.16 Å². The normalized spacial score (nSPS) is 11.1. The third kappa shape index (κ3) is 3.07. The maximum atomic E-state index is 13.4. The second kappa shape index (κ2) is 7.06. The first-order chi connectivity index (χ1) is 12.6. The molecule has 0 saturated heterocycles. The number of nitrogens with zero attached hydrogens (tertiary/aromatic N) is 2. The van der Waals surface area contributed by atoms with Crippen LogP contribution in [-0.2, 0) is 4.79 Å². The van der Waals surface area contributed by atoms with E-state index in [1.54, 1.807) is 15.9 Å². The van der Waals surface area contributed by atoms with Crippen molar-refractivity contribution in [3.63, 3.8) is 0 Å². The molecule has 0 atom stereocenters. The van der Waals surface area contributed by atoms with Gasteiger partial charge >= 0.3 is 0 Å². The summed E-state index contributed by atoms with van der Waals surface area (Å²) in [7, 11) is 0. The maximum Gasteiger partial charge on any atom is 0.268 e. The number of carbonyl (C=O) groups is 1. The molecule has 0 bridgehead atoms. The Bertz CT molecular complexity index is 1130. The number of aromatic nitrogens is 2. The Morgan fingerprint density at radius 1 is 1.15 bits per heavy atom. The van der Waals surface area contributed by atoms with Crippen molar-refractivity contribution in [3.8, 4) is 16.1 Å². The van der Waals surface area contributed by atoms with Crippen molar-refractivity contribution in [3.05, 3.63) is 63.6 Å². The molecule has 130 valence electrons. The van der Waals surface area contributed by atoms with Crippen LogP contribution in [0.1, 0.15) is 0 Å². The Hall–Kier alpha value is -2.42. The number of hydrogen-bond donors (Lipinski definition) is 1. The van der Waals surface area contributed by atoms with Crippen molar-refractivity contribution in [2.75, 3.05) is 5.75 Å². The van der Waals surface area contributed by atoms with Crippen molar-refractivity contribution in [1.29, 1.82) is 0 Å². The molecule has 0 aliphatic heterocycles. The van der Waals surface area contributed by atoms with Gasteiger partial charge in [0.1, 0.15) is 4.83 Å². The zero-order chi connectivity index (χ0) is 18.1. The molecule has 0 aliphatic carbocycles. The van der Waals surface area contributed by atoms with Crippen LogP contribution >= 0.6 is 34.4 Å². The summed E-state index contributed by atoms with van der Waals surface area (Å²) in [6.45, 7) is 0. The zero-order valence-corrected chi connectivity index (χ0v) is 15.9. The minimum Gasteiger partial charge on any atom is -0.369 e. The lowest BCUT2D eigenvalue weighted by molar-refractivity contribution is -0.115. The maximum absolute atomic E-state index is 13.4. The zero-order valence-electron chi connectivity index (χ0n) is 13.4. The number of thioether (sulfide) groups is 1. The highest BCUT2D eigenvalue weighted by atomic mass is 32.2. The number of nitrogens with two attached hydrogens (primary N) is 1. The summed E-state index contributed by atoms with van der Waals surface area (Å²) >= 11 is 4.19. The largest absolute Gasteiger partial charge is 0.369 e. The molecule has 4 aromatic rings. The molecule has 26 heavy (non-hydrogen) atoms. The molecule has 4 rings (SSSR count). The second-order valence-corrected chi connectivity index (χ2v) is 8.18. The summed E-state index contributed by atoms with van der Waals surface area (Å²) in [5.41, 5.74) is 6.74. The van der Waals surface area contributed by atoms with Crippen molar-refractivity contribution < 1.29 is 4.79 Å². The summed E-state index contributed by atoms with van der Waals surface area (Å²) in [6, 6.07) is 13.3. The summed E-state index contributed by atoms with van der Waals surface area (Å²) in [5, 5.41) is 5.01. The van der Waals surface area contributed by atoms with Crippen LogP contribution in [0, 0.1) is 0 Å². The van der Waals surface area contributed by atoms with E-state index >= 15 is 0 Å². The van der Waals surface area contributed by atoms with Crippen LogP contribution in [0.5, 0.6) is 0 Å². The van der Waals surface area contributed by atoms with Crippen LogP contribution in [0.25, 0.3) is 26.3 Å². The molecule has 0 unspecified atom stereocenters. The van der Waals surface area contributed by atoms with Gasteiger partial charge in [0.25, 0.3) is 5.56 Å². The van der Waals surface area contributed by atoms with Gasteiger partial charge in [0.2, 0.25) is 5.91 Å². The number of thiophene rings is 2. The molecule has 5 nitrogen and oxygen atoms in total. The molecule has 2 N–H and O–H groups in total. The molecule has 0 radical (unpaired) electrons. The molecule has 3 heterocycles. The van der Waals surface area contributed by atoms with Gasteiger partial charge in [-0.25, -0.2) is 4.98 Å². The van der Waals surface area contributed by atoms with Crippen molar-refractivity contribution in [1.82, 2.24) is 9.55 Å².